The van der Waals surface area contributed by atoms with Crippen LogP contribution in [0.5, 0.6) is 11.5 Å². The lowest BCUT2D eigenvalue weighted by Gasteiger charge is -2.31. The Morgan fingerprint density at radius 3 is 2.39 bits per heavy atom. The average Bonchev–Trinajstić information content (AvgIpc) is 3.11. The van der Waals surface area contributed by atoms with E-state index in [0.29, 0.717) is 11.8 Å². The summed E-state index contributed by atoms with van der Waals surface area (Å²) in [5.41, 5.74) is 4.66. The third-order valence-electron chi connectivity index (χ3n) is 6.05. The number of hydrogen-bond donors (Lipinski definition) is 0. The minimum atomic E-state index is 0.160. The van der Waals surface area contributed by atoms with Gasteiger partial charge in [0, 0.05) is 25.7 Å². The molecule has 5 heteroatoms. The van der Waals surface area contributed by atoms with Crippen molar-refractivity contribution in [1.29, 1.82) is 0 Å². The molecule has 1 fully saturated rings. The molecule has 0 spiro atoms. The summed E-state index contributed by atoms with van der Waals surface area (Å²) in [7, 11) is 1.87. The van der Waals surface area contributed by atoms with Crippen molar-refractivity contribution in [3.63, 3.8) is 0 Å². The molecule has 0 N–H and O–H groups in total. The molecule has 2 aromatic carbocycles. The van der Waals surface area contributed by atoms with Gasteiger partial charge in [-0.1, -0.05) is 39.0 Å². The number of hydrogen-bond acceptors (Lipinski definition) is 3. The highest BCUT2D eigenvalue weighted by atomic mass is 16.5. The Labute approximate surface area is 184 Å². The molecular formula is C26H31N3O2. The number of aryl methyl sites for hydroxylation is 1. The van der Waals surface area contributed by atoms with E-state index < -0.39 is 0 Å². The number of carbonyl (C=O) groups excluding carboxylic acids is 1. The van der Waals surface area contributed by atoms with Gasteiger partial charge in [0.1, 0.15) is 5.75 Å². The Morgan fingerprint density at radius 1 is 1.06 bits per heavy atom. The quantitative estimate of drug-likeness (QED) is 0.508. The molecule has 4 rings (SSSR count). The number of amides is 1. The van der Waals surface area contributed by atoms with Crippen LogP contribution in [0, 0.1) is 0 Å². The van der Waals surface area contributed by atoms with Crippen LogP contribution in [0.15, 0.2) is 54.9 Å². The number of likely N-dealkylation sites (tertiary alicyclic amines) is 1. The van der Waals surface area contributed by atoms with Gasteiger partial charge in [-0.05, 0) is 65.6 Å². The number of ether oxygens (including phenoxy) is 1. The van der Waals surface area contributed by atoms with E-state index in [1.807, 2.05) is 36.3 Å². The Bertz CT molecular complexity index is 1050. The summed E-state index contributed by atoms with van der Waals surface area (Å²) >= 11 is 0. The number of nitrogens with zero attached hydrogens (tertiary/aromatic N) is 3. The Kier molecular flexibility index (Phi) is 6.12. The molecule has 1 atom stereocenters. The van der Waals surface area contributed by atoms with E-state index in [4.69, 9.17) is 4.74 Å². The van der Waals surface area contributed by atoms with Gasteiger partial charge in [0.05, 0.1) is 12.4 Å². The van der Waals surface area contributed by atoms with Crippen LogP contribution < -0.4 is 4.74 Å². The lowest BCUT2D eigenvalue weighted by molar-refractivity contribution is 0.0651. The Hall–Kier alpha value is -3.08. The molecule has 5 nitrogen and oxygen atoms in total. The first kappa shape index (κ1) is 21.2. The zero-order valence-corrected chi connectivity index (χ0v) is 18.8. The van der Waals surface area contributed by atoms with Crippen LogP contribution in [0.4, 0.5) is 0 Å². The van der Waals surface area contributed by atoms with E-state index in [1.165, 1.54) is 16.7 Å². The first-order chi connectivity index (χ1) is 14.9. The second-order valence-electron chi connectivity index (χ2n) is 8.84. The zero-order valence-electron chi connectivity index (χ0n) is 18.8. The highest BCUT2D eigenvalue weighted by Gasteiger charge is 2.23. The van der Waals surface area contributed by atoms with Crippen LogP contribution in [-0.2, 0) is 13.5 Å². The third-order valence-corrected chi connectivity index (χ3v) is 6.05. The summed E-state index contributed by atoms with van der Waals surface area (Å²) in [5, 5.41) is 4.13. The molecule has 3 aromatic rings. The minimum absolute atomic E-state index is 0.160. The van der Waals surface area contributed by atoms with Gasteiger partial charge < -0.3 is 9.64 Å². The lowest BCUT2D eigenvalue weighted by Crippen LogP contribution is -2.42. The van der Waals surface area contributed by atoms with E-state index >= 15 is 0 Å². The largest absolute Gasteiger partial charge is 0.454 e. The van der Waals surface area contributed by atoms with E-state index in [0.717, 1.165) is 43.0 Å². The minimum Gasteiger partial charge on any atom is -0.454 e. The highest BCUT2D eigenvalue weighted by Crippen LogP contribution is 2.30. The van der Waals surface area contributed by atoms with Crippen molar-refractivity contribution in [2.45, 2.75) is 45.4 Å². The van der Waals surface area contributed by atoms with E-state index in [9.17, 15) is 4.79 Å². The molecule has 0 bridgehead atoms. The molecule has 1 amide bonds. The lowest BCUT2D eigenvalue weighted by atomic mass is 9.87. The molecular weight excluding hydrogens is 386 g/mol. The van der Waals surface area contributed by atoms with Crippen molar-refractivity contribution >= 4 is 5.91 Å². The maximum absolute atomic E-state index is 12.7. The molecule has 1 unspecified atom stereocenters. The van der Waals surface area contributed by atoms with Crippen LogP contribution in [0.25, 0.3) is 0 Å². The van der Waals surface area contributed by atoms with Crippen molar-refractivity contribution in [3.05, 3.63) is 77.1 Å². The number of aromatic nitrogens is 2. The fourth-order valence-corrected chi connectivity index (χ4v) is 4.08. The standard InChI is InChI=1S/C26H31N3O2/c1-18(2)25-11-8-21(26(30)29-12-5-13-29)15-22(25)14-19(3)20-6-9-23(10-7-20)31-24-16-27-28(4)17-24/h6-11,15-19H,5,12-14H2,1-4H3. The normalized spacial score (nSPS) is 14.4. The zero-order chi connectivity index (χ0) is 22.0. The van der Waals surface area contributed by atoms with Gasteiger partial charge >= 0.3 is 0 Å². The summed E-state index contributed by atoms with van der Waals surface area (Å²) in [4.78, 5) is 14.6. The second-order valence-corrected chi connectivity index (χ2v) is 8.84. The number of rotatable bonds is 7. The predicted molar refractivity (Wildman–Crippen MR) is 123 cm³/mol. The molecule has 1 aliphatic heterocycles. The van der Waals surface area contributed by atoms with Crippen molar-refractivity contribution in [1.82, 2.24) is 14.7 Å². The van der Waals surface area contributed by atoms with Gasteiger partial charge in [0.15, 0.2) is 5.75 Å². The highest BCUT2D eigenvalue weighted by molar-refractivity contribution is 5.95. The molecule has 0 aliphatic carbocycles. The number of carbonyl (C=O) groups is 1. The van der Waals surface area contributed by atoms with Gasteiger partial charge in [0.2, 0.25) is 0 Å². The predicted octanol–water partition coefficient (Wildman–Crippen LogP) is 5.53. The number of benzene rings is 2. The summed E-state index contributed by atoms with van der Waals surface area (Å²) in [6, 6.07) is 14.5. The monoisotopic (exact) mass is 417 g/mol. The maximum Gasteiger partial charge on any atom is 0.253 e. The van der Waals surface area contributed by atoms with Crippen molar-refractivity contribution in [2.24, 2.45) is 7.05 Å². The molecule has 1 aromatic heterocycles. The third kappa shape index (κ3) is 4.82. The summed E-state index contributed by atoms with van der Waals surface area (Å²) in [6.07, 6.45) is 5.56. The fourth-order valence-electron chi connectivity index (χ4n) is 4.08. The van der Waals surface area contributed by atoms with Crippen LogP contribution in [0.2, 0.25) is 0 Å². The van der Waals surface area contributed by atoms with Gasteiger partial charge in [0.25, 0.3) is 5.91 Å². The van der Waals surface area contributed by atoms with Crippen LogP contribution in [0.3, 0.4) is 0 Å². The van der Waals surface area contributed by atoms with Crippen LogP contribution in [0.1, 0.15) is 66.1 Å². The van der Waals surface area contributed by atoms with Crippen LogP contribution >= 0.6 is 0 Å². The average molecular weight is 418 g/mol. The molecule has 0 saturated carbocycles. The molecule has 1 saturated heterocycles. The van der Waals surface area contributed by atoms with Gasteiger partial charge in [-0.25, -0.2) is 0 Å². The van der Waals surface area contributed by atoms with Crippen molar-refractivity contribution in [2.75, 3.05) is 13.1 Å². The summed E-state index contributed by atoms with van der Waals surface area (Å²) < 4.78 is 7.58. The molecule has 162 valence electrons. The van der Waals surface area contributed by atoms with Gasteiger partial charge in [-0.3, -0.25) is 9.48 Å². The smallest absolute Gasteiger partial charge is 0.253 e. The SMILES string of the molecule is CC(C)c1ccc(C(=O)N2CCC2)cc1CC(C)c1ccc(Oc2cnn(C)c2)cc1. The Balaban J connectivity index is 1.49. The van der Waals surface area contributed by atoms with E-state index in [2.05, 4.69) is 50.1 Å². The molecule has 0 radical (unpaired) electrons. The first-order valence-corrected chi connectivity index (χ1v) is 11.1. The van der Waals surface area contributed by atoms with E-state index in [-0.39, 0.29) is 5.91 Å². The van der Waals surface area contributed by atoms with E-state index in [1.54, 1.807) is 10.9 Å². The topological polar surface area (TPSA) is 47.4 Å². The second kappa shape index (κ2) is 8.96. The maximum atomic E-state index is 12.7. The summed E-state index contributed by atoms with van der Waals surface area (Å²) in [5.74, 6) is 2.44. The van der Waals surface area contributed by atoms with Crippen molar-refractivity contribution < 1.29 is 9.53 Å². The Morgan fingerprint density at radius 2 is 1.81 bits per heavy atom. The van der Waals surface area contributed by atoms with Gasteiger partial charge in [-0.2, -0.15) is 5.10 Å². The molecule has 1 aliphatic rings. The summed E-state index contributed by atoms with van der Waals surface area (Å²) in [6.45, 7) is 8.43. The van der Waals surface area contributed by atoms with Crippen LogP contribution in [-0.4, -0.2) is 33.7 Å². The van der Waals surface area contributed by atoms with Crippen molar-refractivity contribution in [3.8, 4) is 11.5 Å². The van der Waals surface area contributed by atoms with Gasteiger partial charge in [-0.15, -0.1) is 0 Å². The molecule has 31 heavy (non-hydrogen) atoms. The fraction of sp³-hybridized carbons (Fsp3) is 0.385. The first-order valence-electron chi connectivity index (χ1n) is 11.1. The molecule has 2 heterocycles.